The van der Waals surface area contributed by atoms with Gasteiger partial charge < -0.3 is 5.11 Å². The maximum absolute atomic E-state index is 9.55. The van der Waals surface area contributed by atoms with Crippen molar-refractivity contribution in [2.45, 2.75) is 6.42 Å². The summed E-state index contributed by atoms with van der Waals surface area (Å²) in [5.41, 5.74) is 2.35. The van der Waals surface area contributed by atoms with E-state index in [1.54, 1.807) is 6.07 Å². The molecule has 2 nitrogen and oxygen atoms in total. The number of hydrogen-bond acceptors (Lipinski definition) is 2. The lowest BCUT2D eigenvalue weighted by Crippen LogP contribution is -1.92. The zero-order valence-electron chi connectivity index (χ0n) is 8.72. The molecule has 2 aromatic carbocycles. The summed E-state index contributed by atoms with van der Waals surface area (Å²) >= 11 is 0. The maximum atomic E-state index is 9.55. The molecule has 0 atom stereocenters. The normalized spacial score (nSPS) is 9.69. The van der Waals surface area contributed by atoms with Crippen LogP contribution >= 0.6 is 0 Å². The van der Waals surface area contributed by atoms with Crippen LogP contribution in [-0.2, 0) is 6.42 Å². The van der Waals surface area contributed by atoms with Crippen LogP contribution in [0.1, 0.15) is 16.7 Å². The van der Waals surface area contributed by atoms with Gasteiger partial charge >= 0.3 is 0 Å². The molecule has 0 fully saturated rings. The Hall–Kier alpha value is -2.27. The molecule has 0 saturated heterocycles. The molecular formula is C14H11NO. The van der Waals surface area contributed by atoms with Crippen LogP contribution in [0.4, 0.5) is 0 Å². The second kappa shape index (κ2) is 4.50. The average molecular weight is 209 g/mol. The van der Waals surface area contributed by atoms with Gasteiger partial charge in [-0.2, -0.15) is 5.26 Å². The van der Waals surface area contributed by atoms with E-state index in [-0.39, 0.29) is 5.75 Å². The third-order valence-corrected chi connectivity index (χ3v) is 2.48. The molecule has 2 aromatic rings. The minimum atomic E-state index is 0.0518. The van der Waals surface area contributed by atoms with Gasteiger partial charge in [0.1, 0.15) is 11.8 Å². The van der Waals surface area contributed by atoms with Gasteiger partial charge in [0, 0.05) is 0 Å². The van der Waals surface area contributed by atoms with Crippen LogP contribution in [0, 0.1) is 11.3 Å². The van der Waals surface area contributed by atoms with Crippen molar-refractivity contribution < 1.29 is 5.11 Å². The Balaban J connectivity index is 2.36. The standard InChI is InChI=1S/C14H11NO/c15-10-13-12(7-4-8-14(13)16)9-11-5-2-1-3-6-11/h1-8,16H,9H2. The summed E-state index contributed by atoms with van der Waals surface area (Å²) in [7, 11) is 0. The van der Waals surface area contributed by atoms with Gasteiger partial charge in [-0.1, -0.05) is 42.5 Å². The van der Waals surface area contributed by atoms with Crippen LogP contribution in [-0.4, -0.2) is 5.11 Å². The minimum Gasteiger partial charge on any atom is -0.507 e. The second-order valence-electron chi connectivity index (χ2n) is 3.59. The number of phenolic OH excluding ortho intramolecular Hbond substituents is 1. The highest BCUT2D eigenvalue weighted by Gasteiger charge is 2.06. The summed E-state index contributed by atoms with van der Waals surface area (Å²) in [6.07, 6.45) is 0.665. The number of hydrogen-bond donors (Lipinski definition) is 1. The molecule has 0 bridgehead atoms. The van der Waals surface area contributed by atoms with Crippen LogP contribution in [0.2, 0.25) is 0 Å². The Morgan fingerprint density at radius 2 is 1.75 bits per heavy atom. The fourth-order valence-corrected chi connectivity index (χ4v) is 1.68. The van der Waals surface area contributed by atoms with E-state index in [2.05, 4.69) is 0 Å². The number of nitriles is 1. The van der Waals surface area contributed by atoms with Crippen LogP contribution in [0.15, 0.2) is 48.5 Å². The molecule has 0 saturated carbocycles. The van der Waals surface area contributed by atoms with E-state index in [0.29, 0.717) is 12.0 Å². The molecule has 0 aliphatic heterocycles. The molecule has 2 rings (SSSR count). The van der Waals surface area contributed by atoms with Crippen LogP contribution in [0.5, 0.6) is 5.75 Å². The smallest absolute Gasteiger partial charge is 0.133 e. The number of phenols is 1. The van der Waals surface area contributed by atoms with Gasteiger partial charge in [0.15, 0.2) is 0 Å². The molecule has 16 heavy (non-hydrogen) atoms. The van der Waals surface area contributed by atoms with Crippen molar-refractivity contribution in [1.29, 1.82) is 5.26 Å². The van der Waals surface area contributed by atoms with E-state index in [9.17, 15) is 5.11 Å². The summed E-state index contributed by atoms with van der Waals surface area (Å²) in [4.78, 5) is 0. The molecule has 0 amide bonds. The number of nitrogens with zero attached hydrogens (tertiary/aromatic N) is 1. The lowest BCUT2D eigenvalue weighted by atomic mass is 10.00. The monoisotopic (exact) mass is 209 g/mol. The molecule has 0 spiro atoms. The first kappa shape index (κ1) is 10.3. The van der Waals surface area contributed by atoms with Crippen molar-refractivity contribution in [2.24, 2.45) is 0 Å². The Labute approximate surface area is 94.4 Å². The van der Waals surface area contributed by atoms with Crippen molar-refractivity contribution in [1.82, 2.24) is 0 Å². The highest BCUT2D eigenvalue weighted by atomic mass is 16.3. The lowest BCUT2D eigenvalue weighted by Gasteiger charge is -2.05. The van der Waals surface area contributed by atoms with Gasteiger partial charge in [-0.15, -0.1) is 0 Å². The quantitative estimate of drug-likeness (QED) is 0.826. The van der Waals surface area contributed by atoms with Crippen molar-refractivity contribution in [3.63, 3.8) is 0 Å². The van der Waals surface area contributed by atoms with E-state index >= 15 is 0 Å². The number of benzene rings is 2. The first-order valence-corrected chi connectivity index (χ1v) is 5.06. The highest BCUT2D eigenvalue weighted by molar-refractivity contribution is 5.49. The Kier molecular flexibility index (Phi) is 2.88. The molecule has 0 aliphatic rings. The largest absolute Gasteiger partial charge is 0.507 e. The SMILES string of the molecule is N#Cc1c(O)cccc1Cc1ccccc1. The van der Waals surface area contributed by atoms with Gasteiger partial charge in [-0.05, 0) is 23.6 Å². The van der Waals surface area contributed by atoms with Crippen LogP contribution in [0.3, 0.4) is 0 Å². The Bertz CT molecular complexity index is 526. The molecule has 1 N–H and O–H groups in total. The average Bonchev–Trinajstić information content (AvgIpc) is 2.31. The first-order chi connectivity index (χ1) is 7.81. The molecule has 0 aromatic heterocycles. The third kappa shape index (κ3) is 2.04. The van der Waals surface area contributed by atoms with Crippen molar-refractivity contribution in [3.8, 4) is 11.8 Å². The fourth-order valence-electron chi connectivity index (χ4n) is 1.68. The zero-order chi connectivity index (χ0) is 11.4. The molecule has 2 heteroatoms. The Morgan fingerprint density at radius 3 is 2.44 bits per heavy atom. The lowest BCUT2D eigenvalue weighted by molar-refractivity contribution is 0.473. The number of rotatable bonds is 2. The molecular weight excluding hydrogens is 198 g/mol. The van der Waals surface area contributed by atoms with Gasteiger partial charge in [-0.3, -0.25) is 0 Å². The first-order valence-electron chi connectivity index (χ1n) is 5.06. The zero-order valence-corrected chi connectivity index (χ0v) is 8.72. The summed E-state index contributed by atoms with van der Waals surface area (Å²) < 4.78 is 0. The molecule has 0 unspecified atom stereocenters. The predicted octanol–water partition coefficient (Wildman–Crippen LogP) is 2.85. The van der Waals surface area contributed by atoms with E-state index in [1.807, 2.05) is 42.5 Å². The molecule has 0 heterocycles. The summed E-state index contributed by atoms with van der Waals surface area (Å²) in [6, 6.07) is 17.1. The van der Waals surface area contributed by atoms with Gasteiger partial charge in [0.2, 0.25) is 0 Å². The minimum absolute atomic E-state index is 0.0518. The van der Waals surface area contributed by atoms with Crippen molar-refractivity contribution >= 4 is 0 Å². The molecule has 78 valence electrons. The van der Waals surface area contributed by atoms with Gasteiger partial charge in [-0.25, -0.2) is 0 Å². The van der Waals surface area contributed by atoms with E-state index in [4.69, 9.17) is 5.26 Å². The van der Waals surface area contributed by atoms with E-state index in [1.165, 1.54) is 6.07 Å². The summed E-state index contributed by atoms with van der Waals surface area (Å²) in [6.45, 7) is 0. The number of aromatic hydroxyl groups is 1. The predicted molar refractivity (Wildman–Crippen MR) is 62.1 cm³/mol. The fraction of sp³-hybridized carbons (Fsp3) is 0.0714. The second-order valence-corrected chi connectivity index (χ2v) is 3.59. The summed E-state index contributed by atoms with van der Waals surface area (Å²) in [5.74, 6) is 0.0518. The third-order valence-electron chi connectivity index (χ3n) is 2.48. The van der Waals surface area contributed by atoms with Crippen LogP contribution in [0.25, 0.3) is 0 Å². The van der Waals surface area contributed by atoms with Gasteiger partial charge in [0.05, 0.1) is 5.56 Å². The topological polar surface area (TPSA) is 44.0 Å². The van der Waals surface area contributed by atoms with Crippen molar-refractivity contribution in [2.75, 3.05) is 0 Å². The molecule has 0 aliphatic carbocycles. The van der Waals surface area contributed by atoms with E-state index < -0.39 is 0 Å². The van der Waals surface area contributed by atoms with E-state index in [0.717, 1.165) is 11.1 Å². The maximum Gasteiger partial charge on any atom is 0.133 e. The van der Waals surface area contributed by atoms with Crippen molar-refractivity contribution in [3.05, 3.63) is 65.2 Å². The Morgan fingerprint density at radius 1 is 1.00 bits per heavy atom. The molecule has 0 radical (unpaired) electrons. The summed E-state index contributed by atoms with van der Waals surface area (Å²) in [5, 5.41) is 18.5. The van der Waals surface area contributed by atoms with Crippen LogP contribution < -0.4 is 0 Å². The van der Waals surface area contributed by atoms with Gasteiger partial charge in [0.25, 0.3) is 0 Å². The highest BCUT2D eigenvalue weighted by Crippen LogP contribution is 2.22.